The summed E-state index contributed by atoms with van der Waals surface area (Å²) in [4.78, 5) is 11.9. The van der Waals surface area contributed by atoms with Crippen LogP contribution in [0.3, 0.4) is 0 Å². The molecule has 0 atom stereocenters. The lowest BCUT2D eigenvalue weighted by Crippen LogP contribution is -2.16. The van der Waals surface area contributed by atoms with E-state index in [4.69, 9.17) is 0 Å². The SMILES string of the molecule is CC(C)CCCCCN(C)C=O. The Labute approximate surface area is 75.9 Å². The molecule has 0 aromatic carbocycles. The van der Waals surface area contributed by atoms with E-state index < -0.39 is 0 Å². The fourth-order valence-corrected chi connectivity index (χ4v) is 1.14. The first-order valence-corrected chi connectivity index (χ1v) is 4.82. The topological polar surface area (TPSA) is 20.3 Å². The molecular formula is C10H21NO. The number of hydrogen-bond donors (Lipinski definition) is 0. The van der Waals surface area contributed by atoms with Crippen LogP contribution in [0, 0.1) is 5.92 Å². The minimum Gasteiger partial charge on any atom is -0.348 e. The van der Waals surface area contributed by atoms with Crippen molar-refractivity contribution in [2.24, 2.45) is 5.92 Å². The summed E-state index contributed by atoms with van der Waals surface area (Å²) >= 11 is 0. The van der Waals surface area contributed by atoms with Crippen molar-refractivity contribution in [2.75, 3.05) is 13.6 Å². The summed E-state index contributed by atoms with van der Waals surface area (Å²) in [7, 11) is 1.83. The third-order valence-electron chi connectivity index (χ3n) is 1.97. The summed E-state index contributed by atoms with van der Waals surface area (Å²) in [5, 5.41) is 0. The summed E-state index contributed by atoms with van der Waals surface area (Å²) in [5.41, 5.74) is 0. The van der Waals surface area contributed by atoms with Gasteiger partial charge in [-0.15, -0.1) is 0 Å². The summed E-state index contributed by atoms with van der Waals surface area (Å²) in [6, 6.07) is 0. The molecule has 0 radical (unpaired) electrons. The standard InChI is InChI=1S/C10H21NO/c1-10(2)7-5-4-6-8-11(3)9-12/h9-10H,4-8H2,1-3H3. The number of carbonyl (C=O) groups is 1. The van der Waals surface area contributed by atoms with Crippen LogP contribution >= 0.6 is 0 Å². The molecule has 0 unspecified atom stereocenters. The molecule has 0 saturated heterocycles. The van der Waals surface area contributed by atoms with Crippen molar-refractivity contribution in [1.29, 1.82) is 0 Å². The van der Waals surface area contributed by atoms with E-state index in [1.807, 2.05) is 7.05 Å². The molecule has 0 bridgehead atoms. The Bertz CT molecular complexity index is 112. The third-order valence-corrected chi connectivity index (χ3v) is 1.97. The quantitative estimate of drug-likeness (QED) is 0.425. The highest BCUT2D eigenvalue weighted by atomic mass is 16.1. The lowest BCUT2D eigenvalue weighted by molar-refractivity contribution is -0.117. The first kappa shape index (κ1) is 11.5. The summed E-state index contributed by atoms with van der Waals surface area (Å²) < 4.78 is 0. The normalized spacial score (nSPS) is 10.3. The van der Waals surface area contributed by atoms with Crippen LogP contribution in [0.4, 0.5) is 0 Å². The van der Waals surface area contributed by atoms with Crippen LogP contribution in [-0.4, -0.2) is 24.9 Å². The number of rotatable bonds is 7. The van der Waals surface area contributed by atoms with Gasteiger partial charge in [0.25, 0.3) is 0 Å². The van der Waals surface area contributed by atoms with Crippen LogP contribution in [0.5, 0.6) is 0 Å². The smallest absolute Gasteiger partial charge is 0.209 e. The Balaban J connectivity index is 3.05. The van der Waals surface area contributed by atoms with E-state index in [-0.39, 0.29) is 0 Å². The van der Waals surface area contributed by atoms with Gasteiger partial charge in [-0.1, -0.05) is 33.1 Å². The van der Waals surface area contributed by atoms with E-state index in [1.165, 1.54) is 19.3 Å². The van der Waals surface area contributed by atoms with E-state index in [9.17, 15) is 4.79 Å². The second-order valence-corrected chi connectivity index (χ2v) is 3.83. The van der Waals surface area contributed by atoms with Crippen molar-refractivity contribution < 1.29 is 4.79 Å². The van der Waals surface area contributed by atoms with Crippen LogP contribution in [0.15, 0.2) is 0 Å². The van der Waals surface area contributed by atoms with Gasteiger partial charge < -0.3 is 4.90 Å². The van der Waals surface area contributed by atoms with Gasteiger partial charge in [0.1, 0.15) is 0 Å². The second kappa shape index (κ2) is 7.14. The molecule has 2 nitrogen and oxygen atoms in total. The van der Waals surface area contributed by atoms with Gasteiger partial charge in [-0.3, -0.25) is 4.79 Å². The van der Waals surface area contributed by atoms with Crippen molar-refractivity contribution >= 4 is 6.41 Å². The fourth-order valence-electron chi connectivity index (χ4n) is 1.14. The molecule has 1 amide bonds. The summed E-state index contributed by atoms with van der Waals surface area (Å²) in [6.45, 7) is 5.40. The minimum atomic E-state index is 0.814. The van der Waals surface area contributed by atoms with Gasteiger partial charge in [0.2, 0.25) is 6.41 Å². The summed E-state index contributed by atoms with van der Waals surface area (Å²) in [6.07, 6.45) is 5.88. The number of amides is 1. The van der Waals surface area contributed by atoms with Crippen molar-refractivity contribution in [3.05, 3.63) is 0 Å². The van der Waals surface area contributed by atoms with Gasteiger partial charge in [-0.25, -0.2) is 0 Å². The van der Waals surface area contributed by atoms with Gasteiger partial charge in [-0.2, -0.15) is 0 Å². The highest BCUT2D eigenvalue weighted by molar-refractivity contribution is 5.46. The molecule has 0 fully saturated rings. The molecular weight excluding hydrogens is 150 g/mol. The zero-order chi connectivity index (χ0) is 9.40. The van der Waals surface area contributed by atoms with E-state index in [0.29, 0.717) is 0 Å². The van der Waals surface area contributed by atoms with Crippen LogP contribution in [0.2, 0.25) is 0 Å². The molecule has 0 aliphatic rings. The maximum absolute atomic E-state index is 10.2. The average molecular weight is 171 g/mol. The monoisotopic (exact) mass is 171 g/mol. The van der Waals surface area contributed by atoms with E-state index in [2.05, 4.69) is 13.8 Å². The average Bonchev–Trinajstić information content (AvgIpc) is 2.03. The van der Waals surface area contributed by atoms with Crippen LogP contribution in [0.1, 0.15) is 39.5 Å². The Morgan fingerprint density at radius 3 is 2.42 bits per heavy atom. The minimum absolute atomic E-state index is 0.814. The molecule has 0 saturated carbocycles. The van der Waals surface area contributed by atoms with Crippen molar-refractivity contribution in [3.63, 3.8) is 0 Å². The molecule has 0 aromatic rings. The van der Waals surface area contributed by atoms with Gasteiger partial charge in [0.05, 0.1) is 0 Å². The Kier molecular flexibility index (Phi) is 6.82. The predicted octanol–water partition coefficient (Wildman–Crippen LogP) is 2.29. The predicted molar refractivity (Wildman–Crippen MR) is 52.0 cm³/mol. The zero-order valence-corrected chi connectivity index (χ0v) is 8.55. The summed E-state index contributed by atoms with van der Waals surface area (Å²) in [5.74, 6) is 0.814. The van der Waals surface area contributed by atoms with E-state index in [1.54, 1.807) is 4.90 Å². The maximum Gasteiger partial charge on any atom is 0.209 e. The molecule has 0 spiro atoms. The number of nitrogens with zero attached hydrogens (tertiary/aromatic N) is 1. The molecule has 12 heavy (non-hydrogen) atoms. The van der Waals surface area contributed by atoms with Crippen molar-refractivity contribution in [2.45, 2.75) is 39.5 Å². The van der Waals surface area contributed by atoms with Crippen LogP contribution < -0.4 is 0 Å². The molecule has 0 aliphatic heterocycles. The molecule has 2 heteroatoms. The fraction of sp³-hybridized carbons (Fsp3) is 0.900. The molecule has 0 aliphatic carbocycles. The van der Waals surface area contributed by atoms with Gasteiger partial charge >= 0.3 is 0 Å². The van der Waals surface area contributed by atoms with Gasteiger partial charge in [0, 0.05) is 13.6 Å². The lowest BCUT2D eigenvalue weighted by atomic mass is 10.1. The zero-order valence-electron chi connectivity index (χ0n) is 8.55. The van der Waals surface area contributed by atoms with E-state index in [0.717, 1.165) is 25.3 Å². The van der Waals surface area contributed by atoms with Gasteiger partial charge in [0.15, 0.2) is 0 Å². The number of unbranched alkanes of at least 4 members (excludes halogenated alkanes) is 2. The Morgan fingerprint density at radius 1 is 1.25 bits per heavy atom. The molecule has 0 N–H and O–H groups in total. The number of hydrogen-bond acceptors (Lipinski definition) is 1. The molecule has 0 heterocycles. The second-order valence-electron chi connectivity index (χ2n) is 3.83. The largest absolute Gasteiger partial charge is 0.348 e. The lowest BCUT2D eigenvalue weighted by Gasteiger charge is -2.09. The first-order valence-electron chi connectivity index (χ1n) is 4.82. The molecule has 0 aromatic heterocycles. The highest BCUT2D eigenvalue weighted by Crippen LogP contribution is 2.07. The molecule has 0 rings (SSSR count). The Hall–Kier alpha value is -0.530. The molecule has 72 valence electrons. The Morgan fingerprint density at radius 2 is 1.92 bits per heavy atom. The maximum atomic E-state index is 10.2. The van der Waals surface area contributed by atoms with Crippen LogP contribution in [-0.2, 0) is 4.79 Å². The highest BCUT2D eigenvalue weighted by Gasteiger charge is 1.95. The number of carbonyl (C=O) groups excluding carboxylic acids is 1. The van der Waals surface area contributed by atoms with Gasteiger partial charge in [-0.05, 0) is 12.3 Å². The third kappa shape index (κ3) is 7.58. The van der Waals surface area contributed by atoms with Crippen LogP contribution in [0.25, 0.3) is 0 Å². The van der Waals surface area contributed by atoms with Crippen molar-refractivity contribution in [1.82, 2.24) is 4.90 Å². The van der Waals surface area contributed by atoms with E-state index >= 15 is 0 Å². The van der Waals surface area contributed by atoms with Crippen molar-refractivity contribution in [3.8, 4) is 0 Å². The first-order chi connectivity index (χ1) is 5.66.